The Morgan fingerprint density at radius 1 is 1.20 bits per heavy atom. The van der Waals surface area contributed by atoms with Crippen molar-refractivity contribution in [3.63, 3.8) is 0 Å². The van der Waals surface area contributed by atoms with Crippen LogP contribution in [0.2, 0.25) is 0 Å². The molecule has 4 heteroatoms. The van der Waals surface area contributed by atoms with Crippen molar-refractivity contribution in [2.45, 2.75) is 19.1 Å². The fourth-order valence-electron chi connectivity index (χ4n) is 2.27. The number of para-hydroxylation sites is 1. The number of carbonyl (C=O) groups is 1. The summed E-state index contributed by atoms with van der Waals surface area (Å²) < 4.78 is 5.64. The number of fused-ring (bicyclic) bond motifs is 1. The zero-order valence-electron chi connectivity index (χ0n) is 11.0. The van der Waals surface area contributed by atoms with E-state index < -0.39 is 6.10 Å². The van der Waals surface area contributed by atoms with Gasteiger partial charge >= 0.3 is 0 Å². The van der Waals surface area contributed by atoms with Crippen molar-refractivity contribution in [2.75, 3.05) is 5.73 Å². The molecule has 1 atom stereocenters. The van der Waals surface area contributed by atoms with Gasteiger partial charge in [-0.15, -0.1) is 0 Å². The number of benzene rings is 2. The molecule has 1 heterocycles. The summed E-state index contributed by atoms with van der Waals surface area (Å²) in [7, 11) is 0. The van der Waals surface area contributed by atoms with E-state index in [-0.39, 0.29) is 5.91 Å². The fourth-order valence-corrected chi connectivity index (χ4v) is 2.27. The predicted molar refractivity (Wildman–Crippen MR) is 77.3 cm³/mol. The van der Waals surface area contributed by atoms with Crippen molar-refractivity contribution < 1.29 is 9.53 Å². The molecule has 1 unspecified atom stereocenters. The number of nitrogens with two attached hydrogens (primary N) is 1. The summed E-state index contributed by atoms with van der Waals surface area (Å²) >= 11 is 0. The molecule has 4 nitrogen and oxygen atoms in total. The van der Waals surface area contributed by atoms with E-state index in [1.54, 1.807) is 0 Å². The van der Waals surface area contributed by atoms with Gasteiger partial charge in [0.2, 0.25) is 0 Å². The summed E-state index contributed by atoms with van der Waals surface area (Å²) in [4.78, 5) is 12.1. The van der Waals surface area contributed by atoms with Gasteiger partial charge in [0.15, 0.2) is 6.10 Å². The Morgan fingerprint density at radius 2 is 1.95 bits per heavy atom. The number of anilines is 1. The van der Waals surface area contributed by atoms with E-state index >= 15 is 0 Å². The molecule has 0 aliphatic carbocycles. The van der Waals surface area contributed by atoms with Crippen LogP contribution in [0.25, 0.3) is 0 Å². The van der Waals surface area contributed by atoms with Crippen LogP contribution in [0.1, 0.15) is 11.1 Å². The van der Waals surface area contributed by atoms with Crippen LogP contribution in [-0.4, -0.2) is 12.0 Å². The van der Waals surface area contributed by atoms with E-state index in [1.807, 2.05) is 48.5 Å². The number of hydrogen-bond acceptors (Lipinski definition) is 3. The maximum absolute atomic E-state index is 12.1. The van der Waals surface area contributed by atoms with Gasteiger partial charge in [-0.25, -0.2) is 0 Å². The normalized spacial score (nSPS) is 16.3. The summed E-state index contributed by atoms with van der Waals surface area (Å²) in [5, 5.41) is 2.89. The lowest BCUT2D eigenvalue weighted by Gasteiger charge is -2.11. The maximum atomic E-state index is 12.1. The third-order valence-corrected chi connectivity index (χ3v) is 3.39. The zero-order chi connectivity index (χ0) is 13.9. The Bertz CT molecular complexity index is 598. The highest BCUT2D eigenvalue weighted by Gasteiger charge is 2.28. The molecule has 0 bridgehead atoms. The van der Waals surface area contributed by atoms with Crippen LogP contribution in [0, 0.1) is 0 Å². The van der Waals surface area contributed by atoms with Gasteiger partial charge in [-0.3, -0.25) is 4.79 Å². The fraction of sp³-hybridized carbons (Fsp3) is 0.188. The largest absolute Gasteiger partial charge is 0.480 e. The van der Waals surface area contributed by atoms with Crippen molar-refractivity contribution >= 4 is 11.6 Å². The topological polar surface area (TPSA) is 64.3 Å². The second-order valence-electron chi connectivity index (χ2n) is 4.88. The van der Waals surface area contributed by atoms with Gasteiger partial charge in [0.1, 0.15) is 5.75 Å². The van der Waals surface area contributed by atoms with E-state index in [0.717, 1.165) is 22.6 Å². The molecular formula is C16H16N2O2. The van der Waals surface area contributed by atoms with Crippen molar-refractivity contribution in [3.8, 4) is 5.75 Å². The van der Waals surface area contributed by atoms with E-state index in [1.165, 1.54) is 0 Å². The standard InChI is InChI=1S/C16H16N2O2/c17-13-7-5-11(6-8-13)10-18-16(19)15-9-12-3-1-2-4-14(12)20-15/h1-8,15H,9-10,17H2,(H,18,19). The molecule has 2 aromatic rings. The molecule has 20 heavy (non-hydrogen) atoms. The third kappa shape index (κ3) is 2.59. The molecule has 0 spiro atoms. The van der Waals surface area contributed by atoms with Gasteiger partial charge in [0, 0.05) is 18.7 Å². The average Bonchev–Trinajstić information content (AvgIpc) is 2.90. The minimum atomic E-state index is -0.429. The first kappa shape index (κ1) is 12.5. The first-order valence-electron chi connectivity index (χ1n) is 6.59. The van der Waals surface area contributed by atoms with Crippen LogP contribution in [0.4, 0.5) is 5.69 Å². The van der Waals surface area contributed by atoms with Gasteiger partial charge in [-0.05, 0) is 29.3 Å². The quantitative estimate of drug-likeness (QED) is 0.835. The molecule has 0 saturated heterocycles. The van der Waals surface area contributed by atoms with Crippen molar-refractivity contribution in [1.29, 1.82) is 0 Å². The molecule has 0 fully saturated rings. The SMILES string of the molecule is Nc1ccc(CNC(=O)C2Cc3ccccc3O2)cc1. The summed E-state index contributed by atoms with van der Waals surface area (Å²) in [6.07, 6.45) is 0.199. The number of nitrogens with one attached hydrogen (secondary N) is 1. The highest BCUT2D eigenvalue weighted by Crippen LogP contribution is 2.28. The lowest BCUT2D eigenvalue weighted by atomic mass is 10.1. The third-order valence-electron chi connectivity index (χ3n) is 3.39. The monoisotopic (exact) mass is 268 g/mol. The van der Waals surface area contributed by atoms with Gasteiger partial charge in [0.05, 0.1) is 0 Å². The number of ether oxygens (including phenoxy) is 1. The molecule has 1 aliphatic rings. The molecule has 1 amide bonds. The van der Waals surface area contributed by atoms with Crippen LogP contribution in [0.15, 0.2) is 48.5 Å². The molecule has 3 N–H and O–H groups in total. The van der Waals surface area contributed by atoms with Gasteiger partial charge in [-0.1, -0.05) is 30.3 Å². The summed E-state index contributed by atoms with van der Waals surface area (Å²) in [5.41, 5.74) is 8.44. The van der Waals surface area contributed by atoms with E-state index in [4.69, 9.17) is 10.5 Å². The zero-order valence-corrected chi connectivity index (χ0v) is 11.0. The van der Waals surface area contributed by atoms with Crippen LogP contribution in [0.3, 0.4) is 0 Å². The van der Waals surface area contributed by atoms with E-state index in [2.05, 4.69) is 5.32 Å². The summed E-state index contributed by atoms with van der Waals surface area (Å²) in [5.74, 6) is 0.721. The van der Waals surface area contributed by atoms with E-state index in [0.29, 0.717) is 13.0 Å². The second kappa shape index (κ2) is 5.25. The first-order valence-corrected chi connectivity index (χ1v) is 6.59. The molecule has 102 valence electrons. The Morgan fingerprint density at radius 3 is 2.70 bits per heavy atom. The highest BCUT2D eigenvalue weighted by molar-refractivity contribution is 5.82. The number of rotatable bonds is 3. The summed E-state index contributed by atoms with van der Waals surface area (Å²) in [6, 6.07) is 15.2. The Labute approximate surface area is 117 Å². The molecule has 0 aromatic heterocycles. The van der Waals surface area contributed by atoms with Crippen molar-refractivity contribution in [2.24, 2.45) is 0 Å². The van der Waals surface area contributed by atoms with Crippen LogP contribution < -0.4 is 15.8 Å². The van der Waals surface area contributed by atoms with Crippen molar-refractivity contribution in [1.82, 2.24) is 5.32 Å². The summed E-state index contributed by atoms with van der Waals surface area (Å²) in [6.45, 7) is 0.481. The number of nitrogen functional groups attached to an aromatic ring is 1. The maximum Gasteiger partial charge on any atom is 0.261 e. The lowest BCUT2D eigenvalue weighted by Crippen LogP contribution is -2.36. The van der Waals surface area contributed by atoms with Crippen LogP contribution >= 0.6 is 0 Å². The van der Waals surface area contributed by atoms with Gasteiger partial charge in [-0.2, -0.15) is 0 Å². The van der Waals surface area contributed by atoms with Crippen LogP contribution in [0.5, 0.6) is 5.75 Å². The molecule has 2 aromatic carbocycles. The Balaban J connectivity index is 1.57. The van der Waals surface area contributed by atoms with Crippen molar-refractivity contribution in [3.05, 3.63) is 59.7 Å². The van der Waals surface area contributed by atoms with Crippen LogP contribution in [-0.2, 0) is 17.8 Å². The Hall–Kier alpha value is -2.49. The minimum absolute atomic E-state index is 0.0852. The Kier molecular flexibility index (Phi) is 3.29. The molecule has 0 radical (unpaired) electrons. The van der Waals surface area contributed by atoms with Gasteiger partial charge < -0.3 is 15.8 Å². The lowest BCUT2D eigenvalue weighted by molar-refractivity contribution is -0.127. The van der Waals surface area contributed by atoms with E-state index in [9.17, 15) is 4.79 Å². The average molecular weight is 268 g/mol. The molecule has 0 saturated carbocycles. The molecular weight excluding hydrogens is 252 g/mol. The number of carbonyl (C=O) groups excluding carboxylic acids is 1. The predicted octanol–water partition coefficient (Wildman–Crippen LogP) is 1.89. The molecule has 3 rings (SSSR count). The van der Waals surface area contributed by atoms with Gasteiger partial charge in [0.25, 0.3) is 5.91 Å². The second-order valence-corrected chi connectivity index (χ2v) is 4.88. The minimum Gasteiger partial charge on any atom is -0.480 e. The first-order chi connectivity index (χ1) is 9.72. The highest BCUT2D eigenvalue weighted by atomic mass is 16.5. The smallest absolute Gasteiger partial charge is 0.261 e. The molecule has 1 aliphatic heterocycles. The number of hydrogen-bond donors (Lipinski definition) is 2. The number of amides is 1.